The minimum Gasteiger partial charge on any atom is -0.423 e. The van der Waals surface area contributed by atoms with Crippen LogP contribution in [0.2, 0.25) is 0 Å². The van der Waals surface area contributed by atoms with Crippen molar-refractivity contribution in [2.75, 3.05) is 5.32 Å². The van der Waals surface area contributed by atoms with Gasteiger partial charge in [-0.15, -0.1) is 10.2 Å². The van der Waals surface area contributed by atoms with Crippen LogP contribution in [0.25, 0.3) is 11.5 Å². The third-order valence-electron chi connectivity index (χ3n) is 2.98. The van der Waals surface area contributed by atoms with Crippen molar-refractivity contribution < 1.29 is 8.81 Å². The second-order valence-corrected chi connectivity index (χ2v) is 5.26. The Morgan fingerprint density at radius 1 is 1.14 bits per heavy atom. The Morgan fingerprint density at radius 2 is 1.95 bits per heavy atom. The van der Waals surface area contributed by atoms with Crippen molar-refractivity contribution in [1.82, 2.24) is 10.2 Å². The van der Waals surface area contributed by atoms with Crippen LogP contribution in [-0.4, -0.2) is 10.2 Å². The minimum atomic E-state index is -0.248. The van der Waals surface area contributed by atoms with E-state index in [1.165, 1.54) is 18.5 Å². The topological polar surface area (TPSA) is 51.0 Å². The lowest BCUT2D eigenvalue weighted by molar-refractivity contribution is 0.568. The Hall–Kier alpha value is -2.21. The van der Waals surface area contributed by atoms with Crippen LogP contribution < -0.4 is 5.32 Å². The molecular weight excluding hydrogens is 337 g/mol. The van der Waals surface area contributed by atoms with Crippen LogP contribution in [0, 0.1) is 5.82 Å². The maximum Gasteiger partial charge on any atom is 0.247 e. The number of anilines is 1. The number of nitrogens with one attached hydrogen (secondary N) is 1. The van der Waals surface area contributed by atoms with Gasteiger partial charge in [-0.2, -0.15) is 0 Å². The summed E-state index contributed by atoms with van der Waals surface area (Å²) in [5.41, 5.74) is 2.63. The van der Waals surface area contributed by atoms with Gasteiger partial charge in [0.15, 0.2) is 0 Å². The molecule has 0 aliphatic heterocycles. The van der Waals surface area contributed by atoms with Crippen LogP contribution in [-0.2, 0) is 6.54 Å². The molecule has 0 atom stereocenters. The van der Waals surface area contributed by atoms with Gasteiger partial charge in [0, 0.05) is 22.3 Å². The molecule has 1 N–H and O–H groups in total. The second-order valence-electron chi connectivity index (χ2n) is 4.41. The molecule has 2 aromatic carbocycles. The first-order valence-corrected chi connectivity index (χ1v) is 7.06. The average molecular weight is 348 g/mol. The molecule has 0 bridgehead atoms. The van der Waals surface area contributed by atoms with Crippen molar-refractivity contribution in [3.05, 3.63) is 64.7 Å². The van der Waals surface area contributed by atoms with Crippen molar-refractivity contribution in [3.8, 4) is 11.5 Å². The van der Waals surface area contributed by atoms with Gasteiger partial charge < -0.3 is 9.73 Å². The monoisotopic (exact) mass is 347 g/mol. The van der Waals surface area contributed by atoms with Crippen LogP contribution in [0.3, 0.4) is 0 Å². The third kappa shape index (κ3) is 3.28. The highest BCUT2D eigenvalue weighted by molar-refractivity contribution is 9.10. The molecular formula is C15H11BrFN3O. The lowest BCUT2D eigenvalue weighted by Gasteiger charge is -2.08. The summed E-state index contributed by atoms with van der Waals surface area (Å²) in [5, 5.41) is 10.7. The second kappa shape index (κ2) is 6.05. The van der Waals surface area contributed by atoms with Crippen molar-refractivity contribution in [2.45, 2.75) is 6.54 Å². The summed E-state index contributed by atoms with van der Waals surface area (Å²) in [7, 11) is 0. The highest BCUT2D eigenvalue weighted by Crippen LogP contribution is 2.21. The van der Waals surface area contributed by atoms with Gasteiger partial charge in [0.2, 0.25) is 12.3 Å². The van der Waals surface area contributed by atoms with E-state index in [4.69, 9.17) is 4.42 Å². The normalized spacial score (nSPS) is 10.6. The van der Waals surface area contributed by atoms with Gasteiger partial charge in [0.1, 0.15) is 5.82 Å². The highest BCUT2D eigenvalue weighted by Gasteiger charge is 2.04. The van der Waals surface area contributed by atoms with Crippen LogP contribution >= 0.6 is 15.9 Å². The fraction of sp³-hybridized carbons (Fsp3) is 0.0667. The van der Waals surface area contributed by atoms with Crippen molar-refractivity contribution in [3.63, 3.8) is 0 Å². The van der Waals surface area contributed by atoms with Gasteiger partial charge in [-0.25, -0.2) is 4.39 Å². The molecule has 0 spiro atoms. The molecule has 0 fully saturated rings. The Bertz CT molecular complexity index is 729. The molecule has 0 aliphatic rings. The number of halogens is 2. The SMILES string of the molecule is Fc1ccc(Br)c(CNc2ccc(-c3nnco3)cc2)c1. The van der Waals surface area contributed by atoms with Crippen molar-refractivity contribution >= 4 is 21.6 Å². The fourth-order valence-electron chi connectivity index (χ4n) is 1.91. The highest BCUT2D eigenvalue weighted by atomic mass is 79.9. The number of hydrogen-bond acceptors (Lipinski definition) is 4. The summed E-state index contributed by atoms with van der Waals surface area (Å²) in [5.74, 6) is 0.233. The van der Waals surface area contributed by atoms with Crippen LogP contribution in [0.4, 0.5) is 10.1 Å². The molecule has 1 aromatic heterocycles. The maximum absolute atomic E-state index is 13.2. The summed E-state index contributed by atoms with van der Waals surface area (Å²) in [6.07, 6.45) is 1.29. The molecule has 1 heterocycles. The predicted octanol–water partition coefficient (Wildman–Crippen LogP) is 4.25. The molecule has 0 saturated carbocycles. The number of hydrogen-bond donors (Lipinski definition) is 1. The third-order valence-corrected chi connectivity index (χ3v) is 3.76. The maximum atomic E-state index is 13.2. The van der Waals surface area contributed by atoms with E-state index in [1.54, 1.807) is 6.07 Å². The van der Waals surface area contributed by atoms with Gasteiger partial charge in [-0.05, 0) is 48.0 Å². The zero-order valence-corrected chi connectivity index (χ0v) is 12.5. The van der Waals surface area contributed by atoms with Crippen molar-refractivity contribution in [2.24, 2.45) is 0 Å². The number of aromatic nitrogens is 2. The molecule has 106 valence electrons. The number of nitrogens with zero attached hydrogens (tertiary/aromatic N) is 2. The largest absolute Gasteiger partial charge is 0.423 e. The first-order chi connectivity index (χ1) is 10.2. The van der Waals surface area contributed by atoms with Crippen LogP contribution in [0.15, 0.2) is 57.7 Å². The molecule has 4 nitrogen and oxygen atoms in total. The van der Waals surface area contributed by atoms with E-state index in [0.717, 1.165) is 21.3 Å². The van der Waals surface area contributed by atoms with E-state index in [9.17, 15) is 4.39 Å². The first kappa shape index (κ1) is 13.8. The summed E-state index contributed by atoms with van der Waals surface area (Å²) in [4.78, 5) is 0. The standard InChI is InChI=1S/C15H11BrFN3O/c16-14-6-3-12(17)7-11(14)8-18-13-4-1-10(2-5-13)15-20-19-9-21-15/h1-7,9,18H,8H2. The summed E-state index contributed by atoms with van der Waals surface area (Å²) < 4.78 is 19.2. The lowest BCUT2D eigenvalue weighted by Crippen LogP contribution is -2.00. The molecule has 0 amide bonds. The fourth-order valence-corrected chi connectivity index (χ4v) is 2.29. The van der Waals surface area contributed by atoms with Gasteiger partial charge in [0.05, 0.1) is 0 Å². The Morgan fingerprint density at radius 3 is 2.67 bits per heavy atom. The summed E-state index contributed by atoms with van der Waals surface area (Å²) in [6, 6.07) is 12.2. The van der Waals surface area contributed by atoms with E-state index in [1.807, 2.05) is 24.3 Å². The average Bonchev–Trinajstić information content (AvgIpc) is 3.03. The Kier molecular flexibility index (Phi) is 3.96. The molecule has 21 heavy (non-hydrogen) atoms. The zero-order chi connectivity index (χ0) is 14.7. The van der Waals surface area contributed by atoms with E-state index >= 15 is 0 Å². The zero-order valence-electron chi connectivity index (χ0n) is 10.9. The van der Waals surface area contributed by atoms with Gasteiger partial charge in [-0.3, -0.25) is 0 Å². The molecule has 3 aromatic rings. The van der Waals surface area contributed by atoms with Crippen LogP contribution in [0.1, 0.15) is 5.56 Å². The lowest BCUT2D eigenvalue weighted by atomic mass is 10.2. The molecule has 0 aliphatic carbocycles. The van der Waals surface area contributed by atoms with E-state index in [-0.39, 0.29) is 5.82 Å². The van der Waals surface area contributed by atoms with E-state index in [0.29, 0.717) is 12.4 Å². The quantitative estimate of drug-likeness (QED) is 0.766. The molecule has 0 unspecified atom stereocenters. The number of benzene rings is 2. The minimum absolute atomic E-state index is 0.248. The summed E-state index contributed by atoms with van der Waals surface area (Å²) in [6.45, 7) is 0.526. The first-order valence-electron chi connectivity index (χ1n) is 6.27. The molecule has 6 heteroatoms. The predicted molar refractivity (Wildman–Crippen MR) is 81.2 cm³/mol. The molecule has 0 radical (unpaired) electrons. The number of rotatable bonds is 4. The molecule has 0 saturated heterocycles. The summed E-state index contributed by atoms with van der Waals surface area (Å²) >= 11 is 3.41. The Labute approximate surface area is 129 Å². The van der Waals surface area contributed by atoms with Gasteiger partial charge in [0.25, 0.3) is 0 Å². The van der Waals surface area contributed by atoms with Crippen molar-refractivity contribution in [1.29, 1.82) is 0 Å². The van der Waals surface area contributed by atoms with E-state index < -0.39 is 0 Å². The molecule has 3 rings (SSSR count). The van der Waals surface area contributed by atoms with Crippen LogP contribution in [0.5, 0.6) is 0 Å². The Balaban J connectivity index is 1.70. The van der Waals surface area contributed by atoms with Gasteiger partial charge in [-0.1, -0.05) is 15.9 Å². The van der Waals surface area contributed by atoms with E-state index in [2.05, 4.69) is 31.4 Å². The smallest absolute Gasteiger partial charge is 0.247 e. The van der Waals surface area contributed by atoms with Gasteiger partial charge >= 0.3 is 0 Å².